The Balaban J connectivity index is 3.03. The molecule has 0 fully saturated rings. The SMILES string of the molecule is COC(=O)CC(C)(CN)c1ccc(C(F)(F)F)cc1. The predicted octanol–water partition coefficient (Wildman–Crippen LogP) is 2.48. The minimum atomic E-state index is -4.38. The lowest BCUT2D eigenvalue weighted by Gasteiger charge is -2.27. The van der Waals surface area contributed by atoms with Crippen molar-refractivity contribution in [1.29, 1.82) is 0 Å². The number of carbonyl (C=O) groups excluding carboxylic acids is 1. The normalized spacial score (nSPS) is 14.8. The summed E-state index contributed by atoms with van der Waals surface area (Å²) in [6.45, 7) is 1.85. The van der Waals surface area contributed by atoms with Gasteiger partial charge in [-0.1, -0.05) is 19.1 Å². The molecule has 106 valence electrons. The summed E-state index contributed by atoms with van der Waals surface area (Å²) in [6, 6.07) is 4.66. The molecule has 1 rings (SSSR count). The van der Waals surface area contributed by atoms with Gasteiger partial charge >= 0.3 is 12.1 Å². The Morgan fingerprint density at radius 2 is 1.68 bits per heavy atom. The summed E-state index contributed by atoms with van der Waals surface area (Å²) in [6.07, 6.45) is -4.36. The second-order valence-electron chi connectivity index (χ2n) is 4.59. The number of nitrogens with two attached hydrogens (primary N) is 1. The molecule has 3 nitrogen and oxygen atoms in total. The van der Waals surface area contributed by atoms with Crippen molar-refractivity contribution in [3.05, 3.63) is 35.4 Å². The molecule has 19 heavy (non-hydrogen) atoms. The number of rotatable bonds is 4. The third kappa shape index (κ3) is 3.70. The Kier molecular flexibility index (Phi) is 4.57. The molecule has 0 spiro atoms. The smallest absolute Gasteiger partial charge is 0.416 e. The van der Waals surface area contributed by atoms with Gasteiger partial charge in [0, 0.05) is 12.0 Å². The highest BCUT2D eigenvalue weighted by molar-refractivity contribution is 5.71. The van der Waals surface area contributed by atoms with Gasteiger partial charge in [-0.05, 0) is 17.7 Å². The first-order valence-corrected chi connectivity index (χ1v) is 5.67. The lowest BCUT2D eigenvalue weighted by Crippen LogP contribution is -2.34. The van der Waals surface area contributed by atoms with E-state index in [0.717, 1.165) is 12.1 Å². The van der Waals surface area contributed by atoms with Gasteiger partial charge in [-0.25, -0.2) is 0 Å². The zero-order chi connectivity index (χ0) is 14.7. The molecule has 0 bridgehead atoms. The van der Waals surface area contributed by atoms with Crippen LogP contribution in [0, 0.1) is 0 Å². The van der Waals surface area contributed by atoms with Crippen LogP contribution in [0.1, 0.15) is 24.5 Å². The first-order chi connectivity index (χ1) is 8.73. The first kappa shape index (κ1) is 15.5. The number of methoxy groups -OCH3 is 1. The van der Waals surface area contributed by atoms with Gasteiger partial charge in [-0.2, -0.15) is 13.2 Å². The highest BCUT2D eigenvalue weighted by Gasteiger charge is 2.32. The van der Waals surface area contributed by atoms with Crippen LogP contribution in [-0.2, 0) is 21.1 Å². The molecular weight excluding hydrogens is 259 g/mol. The molecule has 0 radical (unpaired) electrons. The number of halogens is 3. The van der Waals surface area contributed by atoms with E-state index in [1.165, 1.54) is 19.2 Å². The van der Waals surface area contributed by atoms with E-state index >= 15 is 0 Å². The van der Waals surface area contributed by atoms with Gasteiger partial charge in [0.2, 0.25) is 0 Å². The van der Waals surface area contributed by atoms with Crippen LogP contribution in [0.3, 0.4) is 0 Å². The van der Waals surface area contributed by atoms with E-state index < -0.39 is 23.1 Å². The predicted molar refractivity (Wildman–Crippen MR) is 64.5 cm³/mol. The van der Waals surface area contributed by atoms with Crippen LogP contribution >= 0.6 is 0 Å². The molecule has 0 saturated carbocycles. The molecule has 2 N–H and O–H groups in total. The number of hydrogen-bond donors (Lipinski definition) is 1. The maximum absolute atomic E-state index is 12.5. The van der Waals surface area contributed by atoms with E-state index in [4.69, 9.17) is 5.73 Å². The molecule has 0 aromatic heterocycles. The summed E-state index contributed by atoms with van der Waals surface area (Å²) in [5.74, 6) is -0.451. The van der Waals surface area contributed by atoms with Gasteiger partial charge in [0.25, 0.3) is 0 Å². The largest absolute Gasteiger partial charge is 0.469 e. The highest BCUT2D eigenvalue weighted by Crippen LogP contribution is 2.32. The average molecular weight is 275 g/mol. The maximum atomic E-state index is 12.5. The first-order valence-electron chi connectivity index (χ1n) is 5.67. The van der Waals surface area contributed by atoms with Crippen molar-refractivity contribution in [1.82, 2.24) is 0 Å². The van der Waals surface area contributed by atoms with E-state index in [9.17, 15) is 18.0 Å². The number of hydrogen-bond acceptors (Lipinski definition) is 3. The van der Waals surface area contributed by atoms with E-state index in [0.29, 0.717) is 5.56 Å². The Morgan fingerprint density at radius 1 is 1.21 bits per heavy atom. The topological polar surface area (TPSA) is 52.3 Å². The van der Waals surface area contributed by atoms with Crippen LogP contribution in [0.4, 0.5) is 13.2 Å². The standard InChI is InChI=1S/C13H16F3NO2/c1-12(8-17,7-11(18)19-2)9-3-5-10(6-4-9)13(14,15)16/h3-6H,7-8,17H2,1-2H3. The number of esters is 1. The van der Waals surface area contributed by atoms with E-state index in [1.54, 1.807) is 6.92 Å². The van der Waals surface area contributed by atoms with Crippen LogP contribution in [0.25, 0.3) is 0 Å². The highest BCUT2D eigenvalue weighted by atomic mass is 19.4. The van der Waals surface area contributed by atoms with Crippen molar-refractivity contribution in [2.45, 2.75) is 24.9 Å². The lowest BCUT2D eigenvalue weighted by atomic mass is 9.79. The zero-order valence-electron chi connectivity index (χ0n) is 10.8. The molecular formula is C13H16F3NO2. The van der Waals surface area contributed by atoms with Crippen molar-refractivity contribution >= 4 is 5.97 Å². The Labute approximate surface area is 109 Å². The fraction of sp³-hybridized carbons (Fsp3) is 0.462. The fourth-order valence-electron chi connectivity index (χ4n) is 1.74. The Hall–Kier alpha value is -1.56. The van der Waals surface area contributed by atoms with Gasteiger partial charge in [0.1, 0.15) is 0 Å². The molecule has 0 aliphatic rings. The minimum Gasteiger partial charge on any atom is -0.469 e. The lowest BCUT2D eigenvalue weighted by molar-refractivity contribution is -0.142. The van der Waals surface area contributed by atoms with Gasteiger partial charge in [0.05, 0.1) is 19.1 Å². The summed E-state index contributed by atoms with van der Waals surface area (Å²) >= 11 is 0. The molecule has 1 atom stereocenters. The van der Waals surface area contributed by atoms with Crippen LogP contribution < -0.4 is 5.73 Å². The van der Waals surface area contributed by atoms with Crippen LogP contribution in [0.5, 0.6) is 0 Å². The summed E-state index contributed by atoms with van der Waals surface area (Å²) in [7, 11) is 1.26. The van der Waals surface area contributed by atoms with E-state index in [-0.39, 0.29) is 13.0 Å². The van der Waals surface area contributed by atoms with Gasteiger partial charge in [-0.3, -0.25) is 4.79 Å². The number of ether oxygens (including phenoxy) is 1. The molecule has 1 unspecified atom stereocenters. The minimum absolute atomic E-state index is 0.0192. The zero-order valence-corrected chi connectivity index (χ0v) is 10.8. The molecule has 0 amide bonds. The summed E-state index contributed by atoms with van der Waals surface area (Å²) in [5, 5.41) is 0. The fourth-order valence-corrected chi connectivity index (χ4v) is 1.74. The molecule has 1 aromatic carbocycles. The number of benzene rings is 1. The Morgan fingerprint density at radius 3 is 2.05 bits per heavy atom. The molecule has 0 aliphatic heterocycles. The van der Waals surface area contributed by atoms with Gasteiger partial charge < -0.3 is 10.5 Å². The maximum Gasteiger partial charge on any atom is 0.416 e. The summed E-state index contributed by atoms with van der Waals surface area (Å²) < 4.78 is 42.0. The second-order valence-corrected chi connectivity index (χ2v) is 4.59. The number of alkyl halides is 3. The molecule has 0 aliphatic carbocycles. The summed E-state index contributed by atoms with van der Waals surface area (Å²) in [5.41, 5.74) is 4.75. The van der Waals surface area contributed by atoms with Crippen molar-refractivity contribution in [3.63, 3.8) is 0 Å². The van der Waals surface area contributed by atoms with E-state index in [1.807, 2.05) is 0 Å². The Bertz CT molecular complexity index is 442. The van der Waals surface area contributed by atoms with E-state index in [2.05, 4.69) is 4.74 Å². The summed E-state index contributed by atoms with van der Waals surface area (Å²) in [4.78, 5) is 11.3. The second kappa shape index (κ2) is 5.61. The van der Waals surface area contributed by atoms with Crippen LogP contribution in [0.2, 0.25) is 0 Å². The van der Waals surface area contributed by atoms with Crippen LogP contribution in [-0.4, -0.2) is 19.6 Å². The molecule has 6 heteroatoms. The monoisotopic (exact) mass is 275 g/mol. The van der Waals surface area contributed by atoms with Gasteiger partial charge in [-0.15, -0.1) is 0 Å². The average Bonchev–Trinajstić information content (AvgIpc) is 2.37. The van der Waals surface area contributed by atoms with Crippen LogP contribution in [0.15, 0.2) is 24.3 Å². The quantitative estimate of drug-likeness (QED) is 0.859. The third-order valence-corrected chi connectivity index (χ3v) is 3.12. The number of carbonyl (C=O) groups is 1. The van der Waals surface area contributed by atoms with Crippen molar-refractivity contribution in [2.75, 3.05) is 13.7 Å². The van der Waals surface area contributed by atoms with Crippen molar-refractivity contribution in [3.8, 4) is 0 Å². The molecule has 1 aromatic rings. The molecule has 0 saturated heterocycles. The van der Waals surface area contributed by atoms with Crippen molar-refractivity contribution < 1.29 is 22.7 Å². The van der Waals surface area contributed by atoms with Crippen molar-refractivity contribution in [2.24, 2.45) is 5.73 Å². The van der Waals surface area contributed by atoms with Gasteiger partial charge in [0.15, 0.2) is 0 Å². The molecule has 0 heterocycles. The third-order valence-electron chi connectivity index (χ3n) is 3.12.